The third-order valence-corrected chi connectivity index (χ3v) is 3.10. The highest BCUT2D eigenvalue weighted by Crippen LogP contribution is 2.25. The number of hydrogen-bond acceptors (Lipinski definition) is 2. The Bertz CT molecular complexity index is 333. The second-order valence-electron chi connectivity index (χ2n) is 2.29. The fourth-order valence-corrected chi connectivity index (χ4v) is 2.10. The number of rotatable bonds is 3. The van der Waals surface area contributed by atoms with Crippen LogP contribution in [-0.4, -0.2) is 11.6 Å². The molecule has 1 rings (SSSR count). The van der Waals surface area contributed by atoms with Gasteiger partial charge in [-0.1, -0.05) is 11.6 Å². The van der Waals surface area contributed by atoms with E-state index in [1.54, 1.807) is 30.0 Å². The van der Waals surface area contributed by atoms with E-state index in [2.05, 4.69) is 6.07 Å². The maximum atomic E-state index is 8.77. The molecular weight excluding hydrogens is 225 g/mol. The molecular formula is C9H7Cl2NS. The molecule has 0 aliphatic heterocycles. The summed E-state index contributed by atoms with van der Waals surface area (Å²) >= 11 is 12.9. The highest BCUT2D eigenvalue weighted by Gasteiger charge is 2.02. The predicted octanol–water partition coefficient (Wildman–Crippen LogP) is 3.54. The molecule has 0 heterocycles. The molecule has 0 N–H and O–H groups in total. The summed E-state index contributed by atoms with van der Waals surface area (Å²) < 4.78 is 0. The van der Waals surface area contributed by atoms with Gasteiger partial charge in [0.25, 0.3) is 0 Å². The standard InChI is InChI=1S/C9H7Cl2NS/c10-3-4-13-9-5-8(11)2-1-7(9)6-12/h1-2,5H,3-4H2. The van der Waals surface area contributed by atoms with Crippen molar-refractivity contribution >= 4 is 35.0 Å². The zero-order valence-electron chi connectivity index (χ0n) is 6.76. The van der Waals surface area contributed by atoms with E-state index in [9.17, 15) is 0 Å². The van der Waals surface area contributed by atoms with Crippen LogP contribution in [0, 0.1) is 11.3 Å². The number of thioether (sulfide) groups is 1. The van der Waals surface area contributed by atoms with E-state index in [0.29, 0.717) is 16.5 Å². The van der Waals surface area contributed by atoms with Gasteiger partial charge in [-0.2, -0.15) is 5.26 Å². The molecule has 0 aromatic heterocycles. The highest BCUT2D eigenvalue weighted by atomic mass is 35.5. The van der Waals surface area contributed by atoms with Gasteiger partial charge in [-0.25, -0.2) is 0 Å². The summed E-state index contributed by atoms with van der Waals surface area (Å²) in [5, 5.41) is 9.42. The summed E-state index contributed by atoms with van der Waals surface area (Å²) in [5.74, 6) is 1.36. The lowest BCUT2D eigenvalue weighted by molar-refractivity contribution is 1.36. The van der Waals surface area contributed by atoms with Crippen LogP contribution in [0.1, 0.15) is 5.56 Å². The third kappa shape index (κ3) is 3.11. The van der Waals surface area contributed by atoms with Crippen molar-refractivity contribution in [3.8, 4) is 6.07 Å². The Labute approximate surface area is 91.6 Å². The first kappa shape index (κ1) is 10.7. The second kappa shape index (κ2) is 5.39. The average molecular weight is 232 g/mol. The van der Waals surface area contributed by atoms with E-state index < -0.39 is 0 Å². The SMILES string of the molecule is N#Cc1ccc(Cl)cc1SCCCl. The number of halogens is 2. The van der Waals surface area contributed by atoms with E-state index in [0.717, 1.165) is 10.6 Å². The molecule has 0 amide bonds. The van der Waals surface area contributed by atoms with Crippen LogP contribution in [0.5, 0.6) is 0 Å². The molecule has 0 atom stereocenters. The Morgan fingerprint density at radius 2 is 2.23 bits per heavy atom. The van der Waals surface area contributed by atoms with Crippen molar-refractivity contribution in [1.29, 1.82) is 5.26 Å². The molecule has 4 heteroatoms. The molecule has 1 aromatic rings. The minimum atomic E-state index is 0.571. The zero-order valence-corrected chi connectivity index (χ0v) is 9.09. The Morgan fingerprint density at radius 3 is 2.85 bits per heavy atom. The fourth-order valence-electron chi connectivity index (χ4n) is 0.856. The fraction of sp³-hybridized carbons (Fsp3) is 0.222. The molecule has 0 radical (unpaired) electrons. The lowest BCUT2D eigenvalue weighted by atomic mass is 10.2. The lowest BCUT2D eigenvalue weighted by Crippen LogP contribution is -1.84. The van der Waals surface area contributed by atoms with Crippen LogP contribution >= 0.6 is 35.0 Å². The first-order valence-corrected chi connectivity index (χ1v) is 5.56. The topological polar surface area (TPSA) is 23.8 Å². The van der Waals surface area contributed by atoms with Gasteiger partial charge >= 0.3 is 0 Å². The van der Waals surface area contributed by atoms with E-state index >= 15 is 0 Å². The van der Waals surface area contributed by atoms with E-state index in [-0.39, 0.29) is 0 Å². The maximum absolute atomic E-state index is 8.77. The lowest BCUT2D eigenvalue weighted by Gasteiger charge is -2.01. The Hall–Kier alpha value is -0.360. The first-order chi connectivity index (χ1) is 6.27. The molecule has 0 saturated heterocycles. The van der Waals surface area contributed by atoms with Crippen molar-refractivity contribution in [2.45, 2.75) is 4.90 Å². The molecule has 0 saturated carbocycles. The van der Waals surface area contributed by atoms with Gasteiger partial charge in [0.2, 0.25) is 0 Å². The van der Waals surface area contributed by atoms with Crippen LogP contribution in [-0.2, 0) is 0 Å². The van der Waals surface area contributed by atoms with E-state index in [4.69, 9.17) is 28.5 Å². The number of hydrogen-bond donors (Lipinski definition) is 0. The zero-order chi connectivity index (χ0) is 9.68. The quantitative estimate of drug-likeness (QED) is 0.587. The molecule has 13 heavy (non-hydrogen) atoms. The smallest absolute Gasteiger partial charge is 0.100 e. The number of nitrogens with zero attached hydrogens (tertiary/aromatic N) is 1. The molecule has 0 spiro atoms. The number of alkyl halides is 1. The minimum Gasteiger partial charge on any atom is -0.192 e. The van der Waals surface area contributed by atoms with Crippen LogP contribution in [0.3, 0.4) is 0 Å². The average Bonchev–Trinajstić information content (AvgIpc) is 2.15. The van der Waals surface area contributed by atoms with Crippen molar-refractivity contribution < 1.29 is 0 Å². The minimum absolute atomic E-state index is 0.571. The van der Waals surface area contributed by atoms with Gasteiger partial charge in [0, 0.05) is 21.6 Å². The predicted molar refractivity (Wildman–Crippen MR) is 57.6 cm³/mol. The normalized spacial score (nSPS) is 9.62. The monoisotopic (exact) mass is 231 g/mol. The maximum Gasteiger partial charge on any atom is 0.100 e. The van der Waals surface area contributed by atoms with Gasteiger partial charge in [-0.05, 0) is 18.2 Å². The molecule has 0 aliphatic carbocycles. The number of nitriles is 1. The first-order valence-electron chi connectivity index (χ1n) is 3.66. The van der Waals surface area contributed by atoms with E-state index in [1.807, 2.05) is 0 Å². The Morgan fingerprint density at radius 1 is 1.46 bits per heavy atom. The molecule has 1 nitrogen and oxygen atoms in total. The van der Waals surface area contributed by atoms with Gasteiger partial charge in [-0.3, -0.25) is 0 Å². The van der Waals surface area contributed by atoms with Gasteiger partial charge in [0.15, 0.2) is 0 Å². The second-order valence-corrected chi connectivity index (χ2v) is 4.24. The van der Waals surface area contributed by atoms with Crippen molar-refractivity contribution in [2.75, 3.05) is 11.6 Å². The molecule has 0 fully saturated rings. The van der Waals surface area contributed by atoms with Gasteiger partial charge < -0.3 is 0 Å². The van der Waals surface area contributed by atoms with Crippen molar-refractivity contribution in [3.63, 3.8) is 0 Å². The van der Waals surface area contributed by atoms with Crippen molar-refractivity contribution in [1.82, 2.24) is 0 Å². The highest BCUT2D eigenvalue weighted by molar-refractivity contribution is 7.99. The van der Waals surface area contributed by atoms with Crippen LogP contribution in [0.2, 0.25) is 5.02 Å². The molecule has 68 valence electrons. The van der Waals surface area contributed by atoms with Gasteiger partial charge in [-0.15, -0.1) is 23.4 Å². The van der Waals surface area contributed by atoms with Crippen LogP contribution in [0.4, 0.5) is 0 Å². The summed E-state index contributed by atoms with van der Waals surface area (Å²) in [7, 11) is 0. The molecule has 0 bridgehead atoms. The van der Waals surface area contributed by atoms with E-state index in [1.165, 1.54) is 0 Å². The van der Waals surface area contributed by atoms with Crippen molar-refractivity contribution in [2.24, 2.45) is 0 Å². The summed E-state index contributed by atoms with van der Waals surface area (Å²) in [4.78, 5) is 0.899. The number of benzene rings is 1. The van der Waals surface area contributed by atoms with Crippen LogP contribution in [0.15, 0.2) is 23.1 Å². The Balaban J connectivity index is 2.89. The largest absolute Gasteiger partial charge is 0.192 e. The van der Waals surface area contributed by atoms with Gasteiger partial charge in [0.05, 0.1) is 5.56 Å². The van der Waals surface area contributed by atoms with Crippen LogP contribution < -0.4 is 0 Å². The van der Waals surface area contributed by atoms with Crippen LogP contribution in [0.25, 0.3) is 0 Å². The Kier molecular flexibility index (Phi) is 4.44. The molecule has 1 aromatic carbocycles. The summed E-state index contributed by atoms with van der Waals surface area (Å²) in [5.41, 5.74) is 0.652. The van der Waals surface area contributed by atoms with Gasteiger partial charge in [0.1, 0.15) is 6.07 Å². The summed E-state index contributed by atoms with van der Waals surface area (Å²) in [6.45, 7) is 0. The summed E-state index contributed by atoms with van der Waals surface area (Å²) in [6.07, 6.45) is 0. The third-order valence-electron chi connectivity index (χ3n) is 1.40. The molecule has 0 aliphatic rings. The van der Waals surface area contributed by atoms with Crippen molar-refractivity contribution in [3.05, 3.63) is 28.8 Å². The summed E-state index contributed by atoms with van der Waals surface area (Å²) in [6, 6.07) is 7.33. The molecule has 0 unspecified atom stereocenters.